The molecule has 0 radical (unpaired) electrons. The number of hydrogen-bond acceptors (Lipinski definition) is 6. The average Bonchev–Trinajstić information content (AvgIpc) is 3.16. The van der Waals surface area contributed by atoms with Crippen LogP contribution in [0.3, 0.4) is 0 Å². The van der Waals surface area contributed by atoms with E-state index in [4.69, 9.17) is 9.15 Å². The second-order valence-electron chi connectivity index (χ2n) is 7.42. The van der Waals surface area contributed by atoms with Gasteiger partial charge in [-0.1, -0.05) is 0 Å². The summed E-state index contributed by atoms with van der Waals surface area (Å²) in [6.45, 7) is 9.62. The lowest BCUT2D eigenvalue weighted by molar-refractivity contribution is -0.148. The van der Waals surface area contributed by atoms with Crippen LogP contribution in [0.5, 0.6) is 0 Å². The maximum atomic E-state index is 12.5. The lowest BCUT2D eigenvalue weighted by Gasteiger charge is -2.12. The molecule has 6 nitrogen and oxygen atoms in total. The topological polar surface area (TPSA) is 85.2 Å². The fraction of sp³-hybridized carbons (Fsp3) is 0.318. The minimum Gasteiger partial charge on any atom is -0.464 e. The Balaban J connectivity index is 1.55. The molecule has 0 saturated heterocycles. The highest BCUT2D eigenvalue weighted by molar-refractivity contribution is 7.18. The molecule has 29 heavy (non-hydrogen) atoms. The highest BCUT2D eigenvalue weighted by Crippen LogP contribution is 2.28. The number of carbonyl (C=O) groups excluding carboxylic acids is 1. The van der Waals surface area contributed by atoms with Gasteiger partial charge in [0.15, 0.2) is 11.9 Å². The van der Waals surface area contributed by atoms with Gasteiger partial charge in [0.1, 0.15) is 10.4 Å². The van der Waals surface area contributed by atoms with E-state index in [9.17, 15) is 9.59 Å². The summed E-state index contributed by atoms with van der Waals surface area (Å²) in [6, 6.07) is 3.99. The van der Waals surface area contributed by atoms with Crippen LogP contribution in [-0.2, 0) is 16.0 Å². The van der Waals surface area contributed by atoms with Crippen LogP contribution < -0.4 is 5.56 Å². The maximum absolute atomic E-state index is 12.5. The third-order valence-corrected chi connectivity index (χ3v) is 6.46. The highest BCUT2D eigenvalue weighted by Gasteiger charge is 2.19. The molecule has 3 heterocycles. The Labute approximate surface area is 171 Å². The Bertz CT molecular complexity index is 1310. The molecule has 0 spiro atoms. The number of benzene rings is 1. The van der Waals surface area contributed by atoms with Gasteiger partial charge in [-0.05, 0) is 63.4 Å². The van der Waals surface area contributed by atoms with Crippen molar-refractivity contribution in [1.82, 2.24) is 9.97 Å². The summed E-state index contributed by atoms with van der Waals surface area (Å²) >= 11 is 1.47. The lowest BCUT2D eigenvalue weighted by atomic mass is 10.0. The van der Waals surface area contributed by atoms with Gasteiger partial charge in [-0.2, -0.15) is 0 Å². The molecule has 1 N–H and O–H groups in total. The van der Waals surface area contributed by atoms with Gasteiger partial charge in [-0.3, -0.25) is 9.59 Å². The van der Waals surface area contributed by atoms with Crippen LogP contribution in [0.2, 0.25) is 0 Å². The third kappa shape index (κ3) is 3.46. The molecule has 0 fully saturated rings. The van der Waals surface area contributed by atoms with E-state index in [1.54, 1.807) is 13.2 Å². The Morgan fingerprint density at radius 2 is 1.97 bits per heavy atom. The molecule has 4 rings (SSSR count). The van der Waals surface area contributed by atoms with Crippen molar-refractivity contribution in [3.05, 3.63) is 61.7 Å². The highest BCUT2D eigenvalue weighted by atomic mass is 32.1. The van der Waals surface area contributed by atoms with Gasteiger partial charge in [0.2, 0.25) is 0 Å². The first kappa shape index (κ1) is 19.4. The fourth-order valence-electron chi connectivity index (χ4n) is 3.39. The average molecular weight is 410 g/mol. The zero-order valence-corrected chi connectivity index (χ0v) is 17.8. The standard InChI is InChI=1S/C22H22N2O4S/c1-10-6-16-15(9-27-17(16)7-11(10)2)8-18(25)28-13(4)20-23-21(26)19-12(3)14(5)29-22(19)24-20/h6-7,9,13H,8H2,1-5H3,(H,23,24,26). The van der Waals surface area contributed by atoms with E-state index in [1.807, 2.05) is 39.8 Å². The number of rotatable bonds is 4. The molecule has 4 aromatic rings. The number of nitrogens with one attached hydrogen (secondary N) is 1. The summed E-state index contributed by atoms with van der Waals surface area (Å²) in [5.74, 6) is -0.0552. The van der Waals surface area contributed by atoms with Gasteiger partial charge in [-0.15, -0.1) is 11.3 Å². The first-order valence-corrected chi connectivity index (χ1v) is 10.2. The summed E-state index contributed by atoms with van der Waals surface area (Å²) in [5.41, 5.74) is 4.54. The van der Waals surface area contributed by atoms with Crippen LogP contribution in [0.4, 0.5) is 0 Å². The largest absolute Gasteiger partial charge is 0.464 e. The number of esters is 1. The SMILES string of the molecule is Cc1cc2occ(CC(=O)OC(C)c3nc4sc(C)c(C)c4c(=O)[nH]3)c2cc1C. The van der Waals surface area contributed by atoms with Crippen molar-refractivity contribution in [3.8, 4) is 0 Å². The van der Waals surface area contributed by atoms with E-state index in [-0.39, 0.29) is 12.0 Å². The van der Waals surface area contributed by atoms with Crippen LogP contribution in [-0.4, -0.2) is 15.9 Å². The molecule has 0 aliphatic rings. The Morgan fingerprint density at radius 1 is 1.24 bits per heavy atom. The predicted molar refractivity (Wildman–Crippen MR) is 114 cm³/mol. The summed E-state index contributed by atoms with van der Waals surface area (Å²) in [6.07, 6.45) is 1.02. The smallest absolute Gasteiger partial charge is 0.311 e. The molecule has 0 aliphatic heterocycles. The van der Waals surface area contributed by atoms with Crippen LogP contribution in [0.15, 0.2) is 27.6 Å². The number of aryl methyl sites for hydroxylation is 4. The molecular formula is C22H22N2O4S. The Kier molecular flexibility index (Phi) is 4.78. The number of H-pyrrole nitrogens is 1. The van der Waals surface area contributed by atoms with Gasteiger partial charge < -0.3 is 14.1 Å². The van der Waals surface area contributed by atoms with Gasteiger partial charge in [-0.25, -0.2) is 4.98 Å². The molecule has 3 aromatic heterocycles. The number of carbonyl (C=O) groups is 1. The first-order chi connectivity index (χ1) is 13.7. The van der Waals surface area contributed by atoms with Crippen LogP contribution in [0, 0.1) is 27.7 Å². The molecule has 0 bridgehead atoms. The number of hydrogen-bond donors (Lipinski definition) is 1. The second kappa shape index (κ2) is 7.15. The Morgan fingerprint density at radius 3 is 2.72 bits per heavy atom. The van der Waals surface area contributed by atoms with Crippen molar-refractivity contribution in [2.24, 2.45) is 0 Å². The number of fused-ring (bicyclic) bond motifs is 2. The van der Waals surface area contributed by atoms with E-state index >= 15 is 0 Å². The number of furan rings is 1. The van der Waals surface area contributed by atoms with E-state index in [2.05, 4.69) is 9.97 Å². The van der Waals surface area contributed by atoms with Crippen molar-refractivity contribution in [2.75, 3.05) is 0 Å². The number of thiophene rings is 1. The van der Waals surface area contributed by atoms with Gasteiger partial charge in [0.05, 0.1) is 18.1 Å². The second-order valence-corrected chi connectivity index (χ2v) is 8.62. The zero-order valence-electron chi connectivity index (χ0n) is 17.0. The summed E-state index contributed by atoms with van der Waals surface area (Å²) in [5, 5.41) is 1.51. The molecule has 1 aromatic carbocycles. The van der Waals surface area contributed by atoms with Crippen LogP contribution in [0.1, 0.15) is 46.0 Å². The predicted octanol–water partition coefficient (Wildman–Crippen LogP) is 4.81. The van der Waals surface area contributed by atoms with Gasteiger partial charge >= 0.3 is 5.97 Å². The molecule has 7 heteroatoms. The summed E-state index contributed by atoms with van der Waals surface area (Å²) in [4.78, 5) is 33.9. The van der Waals surface area contributed by atoms with Crippen molar-refractivity contribution < 1.29 is 13.9 Å². The maximum Gasteiger partial charge on any atom is 0.311 e. The summed E-state index contributed by atoms with van der Waals surface area (Å²) < 4.78 is 11.1. The number of aromatic nitrogens is 2. The summed E-state index contributed by atoms with van der Waals surface area (Å²) in [7, 11) is 0. The number of nitrogens with zero attached hydrogens (tertiary/aromatic N) is 1. The van der Waals surface area contributed by atoms with Crippen molar-refractivity contribution in [2.45, 2.75) is 47.1 Å². The first-order valence-electron chi connectivity index (χ1n) is 9.41. The quantitative estimate of drug-likeness (QED) is 0.488. The normalized spacial score (nSPS) is 12.6. The van der Waals surface area contributed by atoms with E-state index in [0.29, 0.717) is 16.0 Å². The minimum atomic E-state index is -0.663. The van der Waals surface area contributed by atoms with Crippen molar-refractivity contribution in [3.63, 3.8) is 0 Å². The molecule has 0 aliphatic carbocycles. The van der Waals surface area contributed by atoms with Crippen molar-refractivity contribution in [1.29, 1.82) is 0 Å². The molecular weight excluding hydrogens is 388 g/mol. The minimum absolute atomic E-state index is 0.0868. The monoisotopic (exact) mass is 410 g/mol. The van der Waals surface area contributed by atoms with E-state index in [0.717, 1.165) is 38.1 Å². The molecule has 0 saturated carbocycles. The number of ether oxygens (including phenoxy) is 1. The van der Waals surface area contributed by atoms with E-state index in [1.165, 1.54) is 11.3 Å². The van der Waals surface area contributed by atoms with E-state index < -0.39 is 12.1 Å². The van der Waals surface area contributed by atoms with Gasteiger partial charge in [0.25, 0.3) is 5.56 Å². The number of aromatic amines is 1. The van der Waals surface area contributed by atoms with Crippen LogP contribution >= 0.6 is 11.3 Å². The molecule has 150 valence electrons. The Hall–Kier alpha value is -2.93. The van der Waals surface area contributed by atoms with Crippen LogP contribution in [0.25, 0.3) is 21.2 Å². The fourth-order valence-corrected chi connectivity index (χ4v) is 4.42. The molecule has 1 atom stereocenters. The van der Waals surface area contributed by atoms with Crippen molar-refractivity contribution >= 4 is 38.5 Å². The van der Waals surface area contributed by atoms with Gasteiger partial charge in [0, 0.05) is 15.8 Å². The third-order valence-electron chi connectivity index (χ3n) is 5.36. The molecule has 0 amide bonds. The lowest BCUT2D eigenvalue weighted by Crippen LogP contribution is -2.18. The zero-order chi connectivity index (χ0) is 20.9. The molecule has 1 unspecified atom stereocenters.